The molecular formula is C29H34FN5O6. The van der Waals surface area contributed by atoms with Crippen LogP contribution in [0.25, 0.3) is 11.3 Å². The molecule has 1 atom stereocenters. The van der Waals surface area contributed by atoms with Gasteiger partial charge in [0, 0.05) is 30.6 Å². The summed E-state index contributed by atoms with van der Waals surface area (Å²) in [6, 6.07) is 7.25. The molecule has 5 N–H and O–H groups in total. The molecule has 0 bridgehead atoms. The Morgan fingerprint density at radius 3 is 2.61 bits per heavy atom. The molecule has 2 aromatic heterocycles. The first-order valence-electron chi connectivity index (χ1n) is 13.6. The largest absolute Gasteiger partial charge is 0.483 e. The number of carbonyl (C=O) groups excluding carboxylic acids is 2. The first-order valence-corrected chi connectivity index (χ1v) is 13.6. The number of rotatable bonds is 9. The highest BCUT2D eigenvalue weighted by atomic mass is 19.1. The molecule has 2 amide bonds. The van der Waals surface area contributed by atoms with E-state index in [1.807, 2.05) is 13.8 Å². The third kappa shape index (κ3) is 7.26. The van der Waals surface area contributed by atoms with Crippen LogP contribution in [-0.4, -0.2) is 58.5 Å². The SMILES string of the molecule is CC(C)[C@H](NC(=O)c1ccc(-c2ccc(CCc3nc4c(c(=O)[nH]3)CCC4)c(F)c2)o1)C(=O)NC1CNC1.O=CO. The fraction of sp³-hybridized carbons (Fsp3) is 0.414. The number of carboxylic acid groups (broad SMARTS) is 1. The molecule has 5 rings (SSSR count). The minimum atomic E-state index is -0.705. The summed E-state index contributed by atoms with van der Waals surface area (Å²) in [6.45, 7) is 4.90. The average Bonchev–Trinajstić information content (AvgIpc) is 3.59. The van der Waals surface area contributed by atoms with Gasteiger partial charge in [0.25, 0.3) is 17.9 Å². The lowest BCUT2D eigenvalue weighted by atomic mass is 10.0. The van der Waals surface area contributed by atoms with E-state index in [0.29, 0.717) is 48.6 Å². The Morgan fingerprint density at radius 2 is 1.95 bits per heavy atom. The molecule has 12 heteroatoms. The van der Waals surface area contributed by atoms with Crippen LogP contribution in [0.5, 0.6) is 0 Å². The average molecular weight is 568 g/mol. The van der Waals surface area contributed by atoms with Gasteiger partial charge in [-0.25, -0.2) is 9.37 Å². The standard InChI is InChI=1S/C28H32FN5O4.CH2O2/c1-15(2)25(28(37)31-18-13-30-14-18)34-27(36)23-10-9-22(38-23)17-7-6-16(20(29)12-17)8-11-24-32-21-5-3-4-19(21)26(35)33-24;2-1-3/h6-7,9-10,12,15,18,25,30H,3-5,8,11,13-14H2,1-2H3,(H,31,37)(H,34,36)(H,32,33,35);1H,(H,2,3)/t25-;/m0./s1. The van der Waals surface area contributed by atoms with Gasteiger partial charge >= 0.3 is 0 Å². The second-order valence-corrected chi connectivity index (χ2v) is 10.4. The zero-order valence-electron chi connectivity index (χ0n) is 23.0. The molecule has 3 heterocycles. The molecule has 1 saturated heterocycles. The second-order valence-electron chi connectivity index (χ2n) is 10.4. The molecule has 2 aliphatic rings. The third-order valence-corrected chi connectivity index (χ3v) is 7.15. The number of fused-ring (bicyclic) bond motifs is 1. The van der Waals surface area contributed by atoms with E-state index in [-0.39, 0.29) is 35.7 Å². The van der Waals surface area contributed by atoms with E-state index < -0.39 is 17.8 Å². The van der Waals surface area contributed by atoms with Crippen molar-refractivity contribution in [2.45, 2.75) is 58.0 Å². The molecular weight excluding hydrogens is 533 g/mol. The highest BCUT2D eigenvalue weighted by molar-refractivity contribution is 5.96. The Hall–Kier alpha value is -4.32. The summed E-state index contributed by atoms with van der Waals surface area (Å²) < 4.78 is 20.6. The molecule has 3 aromatic rings. The zero-order valence-corrected chi connectivity index (χ0v) is 23.0. The molecule has 41 heavy (non-hydrogen) atoms. The van der Waals surface area contributed by atoms with Gasteiger partial charge in [-0.3, -0.25) is 19.2 Å². The maximum Gasteiger partial charge on any atom is 0.290 e. The zero-order chi connectivity index (χ0) is 29.5. The van der Waals surface area contributed by atoms with Gasteiger partial charge in [-0.15, -0.1) is 0 Å². The van der Waals surface area contributed by atoms with Gasteiger partial charge in [-0.1, -0.05) is 26.0 Å². The molecule has 1 fully saturated rings. The minimum absolute atomic E-state index is 0.0416. The lowest BCUT2D eigenvalue weighted by Crippen LogP contribution is -2.61. The molecule has 0 radical (unpaired) electrons. The predicted molar refractivity (Wildman–Crippen MR) is 148 cm³/mol. The van der Waals surface area contributed by atoms with Crippen LogP contribution in [0.1, 0.15) is 53.5 Å². The van der Waals surface area contributed by atoms with E-state index in [4.69, 9.17) is 14.3 Å². The summed E-state index contributed by atoms with van der Waals surface area (Å²) in [6.07, 6.45) is 3.31. The Morgan fingerprint density at radius 1 is 1.20 bits per heavy atom. The van der Waals surface area contributed by atoms with E-state index in [1.165, 1.54) is 12.1 Å². The van der Waals surface area contributed by atoms with E-state index in [2.05, 4.69) is 25.9 Å². The van der Waals surface area contributed by atoms with Crippen molar-refractivity contribution in [3.63, 3.8) is 0 Å². The number of H-pyrrole nitrogens is 1. The second kappa shape index (κ2) is 13.4. The molecule has 1 aliphatic carbocycles. The molecule has 1 aromatic carbocycles. The van der Waals surface area contributed by atoms with Crippen LogP contribution in [0.2, 0.25) is 0 Å². The Kier molecular flexibility index (Phi) is 9.66. The van der Waals surface area contributed by atoms with E-state index in [9.17, 15) is 18.8 Å². The summed E-state index contributed by atoms with van der Waals surface area (Å²) in [7, 11) is 0. The molecule has 1 aliphatic heterocycles. The van der Waals surface area contributed by atoms with Crippen molar-refractivity contribution in [2.24, 2.45) is 5.92 Å². The lowest BCUT2D eigenvalue weighted by Gasteiger charge is -2.30. The van der Waals surface area contributed by atoms with Gasteiger partial charge in [0.2, 0.25) is 5.91 Å². The summed E-state index contributed by atoms with van der Waals surface area (Å²) in [4.78, 5) is 53.4. The summed E-state index contributed by atoms with van der Waals surface area (Å²) in [5, 5.41) is 15.7. The Balaban J connectivity index is 0.00000124. The summed E-state index contributed by atoms with van der Waals surface area (Å²) in [5.41, 5.74) is 2.52. The van der Waals surface area contributed by atoms with Crippen molar-refractivity contribution in [2.75, 3.05) is 13.1 Å². The fourth-order valence-electron chi connectivity index (χ4n) is 4.81. The van der Waals surface area contributed by atoms with Crippen LogP contribution >= 0.6 is 0 Å². The first-order chi connectivity index (χ1) is 19.7. The van der Waals surface area contributed by atoms with E-state index in [0.717, 1.165) is 30.5 Å². The van der Waals surface area contributed by atoms with Crippen molar-refractivity contribution >= 4 is 18.3 Å². The van der Waals surface area contributed by atoms with E-state index >= 15 is 0 Å². The van der Waals surface area contributed by atoms with Crippen LogP contribution < -0.4 is 21.5 Å². The van der Waals surface area contributed by atoms with Gasteiger partial charge in [0.1, 0.15) is 23.4 Å². The fourth-order valence-corrected chi connectivity index (χ4v) is 4.81. The number of aromatic amines is 1. The van der Waals surface area contributed by atoms with Crippen molar-refractivity contribution in [1.82, 2.24) is 25.9 Å². The number of benzene rings is 1. The highest BCUT2D eigenvalue weighted by Crippen LogP contribution is 2.25. The van der Waals surface area contributed by atoms with Gasteiger partial charge in [-0.05, 0) is 55.4 Å². The monoisotopic (exact) mass is 567 g/mol. The quantitative estimate of drug-likeness (QED) is 0.245. The number of hydrogen-bond donors (Lipinski definition) is 5. The number of hydrogen-bond acceptors (Lipinski definition) is 7. The number of aromatic nitrogens is 2. The maximum absolute atomic E-state index is 14.9. The molecule has 0 spiro atoms. The van der Waals surface area contributed by atoms with Crippen molar-refractivity contribution in [1.29, 1.82) is 0 Å². The normalized spacial score (nSPS) is 14.8. The minimum Gasteiger partial charge on any atom is -0.483 e. The van der Waals surface area contributed by atoms with Crippen molar-refractivity contribution < 1.29 is 28.3 Å². The number of halogens is 1. The van der Waals surface area contributed by atoms with Crippen molar-refractivity contribution in [3.8, 4) is 11.3 Å². The van der Waals surface area contributed by atoms with Crippen LogP contribution in [0.4, 0.5) is 4.39 Å². The van der Waals surface area contributed by atoms with Crippen LogP contribution in [0.15, 0.2) is 39.5 Å². The molecule has 0 unspecified atom stereocenters. The number of nitrogens with zero attached hydrogens (tertiary/aromatic N) is 1. The molecule has 11 nitrogen and oxygen atoms in total. The molecule has 0 saturated carbocycles. The number of aryl methyl sites for hydroxylation is 3. The predicted octanol–water partition coefficient (Wildman–Crippen LogP) is 1.99. The molecule has 218 valence electrons. The number of amides is 2. The Labute approximate surface area is 236 Å². The first kappa shape index (κ1) is 29.7. The van der Waals surface area contributed by atoms with Crippen LogP contribution in [-0.2, 0) is 35.3 Å². The smallest absolute Gasteiger partial charge is 0.290 e. The van der Waals surface area contributed by atoms with Gasteiger partial charge in [-0.2, -0.15) is 0 Å². The van der Waals surface area contributed by atoms with Gasteiger partial charge < -0.3 is 30.5 Å². The topological polar surface area (TPSA) is 166 Å². The summed E-state index contributed by atoms with van der Waals surface area (Å²) >= 11 is 0. The maximum atomic E-state index is 14.9. The highest BCUT2D eigenvalue weighted by Gasteiger charge is 2.29. The van der Waals surface area contributed by atoms with E-state index in [1.54, 1.807) is 18.2 Å². The van der Waals surface area contributed by atoms with Gasteiger partial charge in [0.15, 0.2) is 5.76 Å². The van der Waals surface area contributed by atoms with Crippen molar-refractivity contribution in [3.05, 3.63) is 74.9 Å². The number of carbonyl (C=O) groups is 3. The van der Waals surface area contributed by atoms with Gasteiger partial charge in [0.05, 0.1) is 11.7 Å². The number of nitrogens with one attached hydrogen (secondary N) is 4. The third-order valence-electron chi connectivity index (χ3n) is 7.15. The van der Waals surface area contributed by atoms with Crippen LogP contribution in [0, 0.1) is 11.7 Å². The Bertz CT molecular complexity index is 1460. The number of furan rings is 1. The summed E-state index contributed by atoms with van der Waals surface area (Å²) in [5.74, 6) is -0.314. The lowest BCUT2D eigenvalue weighted by molar-refractivity contribution is -0.125. The van der Waals surface area contributed by atoms with Crippen LogP contribution in [0.3, 0.4) is 0 Å².